The van der Waals surface area contributed by atoms with Crippen LogP contribution in [0.3, 0.4) is 0 Å². The number of halogens is 2. The molecule has 2 aromatic rings. The van der Waals surface area contributed by atoms with Crippen molar-refractivity contribution in [2.75, 3.05) is 0 Å². The Morgan fingerprint density at radius 1 is 1.38 bits per heavy atom. The van der Waals surface area contributed by atoms with Gasteiger partial charge in [0.25, 0.3) is 0 Å². The Balaban J connectivity index is 2.23. The molecule has 0 aliphatic rings. The molecule has 0 bridgehead atoms. The first kappa shape index (κ1) is 11.1. The lowest BCUT2D eigenvalue weighted by Gasteiger charge is -2.05. The first-order valence-corrected chi connectivity index (χ1v) is 5.24. The molecule has 1 aromatic carbocycles. The monoisotopic (exact) mass is 239 g/mol. The molecule has 16 heavy (non-hydrogen) atoms. The molecule has 3 nitrogen and oxygen atoms in total. The molecule has 0 aliphatic carbocycles. The lowest BCUT2D eigenvalue weighted by Crippen LogP contribution is -2.04. The molecule has 0 unspecified atom stereocenters. The molecule has 2 rings (SSSR count). The third-order valence-electron chi connectivity index (χ3n) is 2.27. The van der Waals surface area contributed by atoms with E-state index in [0.717, 1.165) is 5.69 Å². The summed E-state index contributed by atoms with van der Waals surface area (Å²) in [6.07, 6.45) is 1.80. The molecule has 2 N–H and O–H groups in total. The van der Waals surface area contributed by atoms with E-state index in [2.05, 4.69) is 5.10 Å². The van der Waals surface area contributed by atoms with E-state index in [1.54, 1.807) is 23.0 Å². The summed E-state index contributed by atoms with van der Waals surface area (Å²) in [7, 11) is 0. The van der Waals surface area contributed by atoms with E-state index in [-0.39, 0.29) is 5.02 Å². The van der Waals surface area contributed by atoms with E-state index >= 15 is 0 Å². The summed E-state index contributed by atoms with van der Waals surface area (Å²) in [6.45, 7) is 0.834. The van der Waals surface area contributed by atoms with Crippen LogP contribution in [0.5, 0.6) is 0 Å². The summed E-state index contributed by atoms with van der Waals surface area (Å²) in [5, 5.41) is 4.35. The second-order valence-electron chi connectivity index (χ2n) is 3.42. The van der Waals surface area contributed by atoms with Crippen LogP contribution in [0.4, 0.5) is 4.39 Å². The number of rotatable bonds is 3. The summed E-state index contributed by atoms with van der Waals surface area (Å²) in [5.74, 6) is -0.412. The molecule has 1 aromatic heterocycles. The SMILES string of the molecule is NCc1ccn(Cc2cccc(F)c2Cl)n1. The van der Waals surface area contributed by atoms with Crippen LogP contribution in [-0.2, 0) is 13.1 Å². The highest BCUT2D eigenvalue weighted by Crippen LogP contribution is 2.20. The molecule has 0 atom stereocenters. The summed E-state index contributed by atoms with van der Waals surface area (Å²) in [4.78, 5) is 0. The zero-order valence-corrected chi connectivity index (χ0v) is 9.28. The van der Waals surface area contributed by atoms with Gasteiger partial charge >= 0.3 is 0 Å². The quantitative estimate of drug-likeness (QED) is 0.892. The average molecular weight is 240 g/mol. The smallest absolute Gasteiger partial charge is 0.142 e. The Morgan fingerprint density at radius 3 is 2.88 bits per heavy atom. The Hall–Kier alpha value is -1.39. The van der Waals surface area contributed by atoms with E-state index in [1.165, 1.54) is 6.07 Å². The van der Waals surface area contributed by atoms with Crippen LogP contribution in [0.2, 0.25) is 5.02 Å². The fraction of sp³-hybridized carbons (Fsp3) is 0.182. The maximum Gasteiger partial charge on any atom is 0.142 e. The van der Waals surface area contributed by atoms with Gasteiger partial charge in [0.1, 0.15) is 5.82 Å². The summed E-state index contributed by atoms with van der Waals surface area (Å²) < 4.78 is 14.9. The molecule has 84 valence electrons. The van der Waals surface area contributed by atoms with Gasteiger partial charge in [0, 0.05) is 12.7 Å². The van der Waals surface area contributed by atoms with Crippen molar-refractivity contribution in [2.45, 2.75) is 13.1 Å². The van der Waals surface area contributed by atoms with Gasteiger partial charge in [0.2, 0.25) is 0 Å². The maximum atomic E-state index is 13.2. The van der Waals surface area contributed by atoms with Gasteiger partial charge in [-0.3, -0.25) is 4.68 Å². The minimum atomic E-state index is -0.412. The summed E-state index contributed by atoms with van der Waals surface area (Å²) >= 11 is 5.84. The molecule has 0 saturated heterocycles. The fourth-order valence-corrected chi connectivity index (χ4v) is 1.63. The molecule has 0 spiro atoms. The Kier molecular flexibility index (Phi) is 3.22. The predicted octanol–water partition coefficient (Wildman–Crippen LogP) is 2.18. The number of hydrogen-bond acceptors (Lipinski definition) is 2. The third-order valence-corrected chi connectivity index (χ3v) is 2.69. The molecular formula is C11H11ClFN3. The van der Waals surface area contributed by atoms with Crippen LogP contribution < -0.4 is 5.73 Å². The summed E-state index contributed by atoms with van der Waals surface area (Å²) in [5.41, 5.74) is 6.95. The number of nitrogens with two attached hydrogens (primary N) is 1. The van der Waals surface area contributed by atoms with Gasteiger partial charge in [-0.15, -0.1) is 0 Å². The van der Waals surface area contributed by atoms with Crippen molar-refractivity contribution < 1.29 is 4.39 Å². The number of hydrogen-bond donors (Lipinski definition) is 1. The van der Waals surface area contributed by atoms with Crippen molar-refractivity contribution >= 4 is 11.6 Å². The molecule has 0 amide bonds. The number of nitrogens with zero attached hydrogens (tertiary/aromatic N) is 2. The van der Waals surface area contributed by atoms with Gasteiger partial charge in [0.05, 0.1) is 17.3 Å². The Morgan fingerprint density at radius 2 is 2.19 bits per heavy atom. The Labute approximate surface area is 97.6 Å². The highest BCUT2D eigenvalue weighted by Gasteiger charge is 2.06. The van der Waals surface area contributed by atoms with Gasteiger partial charge in [-0.25, -0.2) is 4.39 Å². The predicted molar refractivity (Wildman–Crippen MR) is 60.6 cm³/mol. The fourth-order valence-electron chi connectivity index (χ4n) is 1.45. The zero-order chi connectivity index (χ0) is 11.5. The lowest BCUT2D eigenvalue weighted by atomic mass is 10.2. The van der Waals surface area contributed by atoms with Crippen LogP contribution in [0.25, 0.3) is 0 Å². The topological polar surface area (TPSA) is 43.8 Å². The van der Waals surface area contributed by atoms with Gasteiger partial charge in [-0.05, 0) is 17.7 Å². The van der Waals surface area contributed by atoms with E-state index in [0.29, 0.717) is 18.7 Å². The Bertz CT molecular complexity index is 496. The highest BCUT2D eigenvalue weighted by atomic mass is 35.5. The number of benzene rings is 1. The average Bonchev–Trinajstić information content (AvgIpc) is 2.73. The van der Waals surface area contributed by atoms with Crippen LogP contribution in [0, 0.1) is 5.82 Å². The van der Waals surface area contributed by atoms with Crippen molar-refractivity contribution in [1.29, 1.82) is 0 Å². The normalized spacial score (nSPS) is 10.7. The van der Waals surface area contributed by atoms with Gasteiger partial charge < -0.3 is 5.73 Å². The maximum absolute atomic E-state index is 13.2. The van der Waals surface area contributed by atoms with Gasteiger partial charge in [0.15, 0.2) is 0 Å². The molecule has 0 fully saturated rings. The van der Waals surface area contributed by atoms with Crippen molar-refractivity contribution in [3.63, 3.8) is 0 Å². The van der Waals surface area contributed by atoms with Crippen molar-refractivity contribution in [2.24, 2.45) is 5.73 Å². The first-order valence-electron chi connectivity index (χ1n) is 4.86. The molecule has 0 saturated carbocycles. The van der Waals surface area contributed by atoms with Crippen molar-refractivity contribution in [3.8, 4) is 0 Å². The second-order valence-corrected chi connectivity index (χ2v) is 3.80. The third kappa shape index (κ3) is 2.23. The molecular weight excluding hydrogens is 229 g/mol. The van der Waals surface area contributed by atoms with Crippen LogP contribution in [0.15, 0.2) is 30.5 Å². The highest BCUT2D eigenvalue weighted by molar-refractivity contribution is 6.31. The van der Waals surface area contributed by atoms with Gasteiger partial charge in [-0.1, -0.05) is 23.7 Å². The van der Waals surface area contributed by atoms with E-state index in [9.17, 15) is 4.39 Å². The molecule has 0 radical (unpaired) electrons. The molecule has 0 aliphatic heterocycles. The summed E-state index contributed by atoms with van der Waals surface area (Å²) in [6, 6.07) is 6.56. The van der Waals surface area contributed by atoms with Crippen molar-refractivity contribution in [1.82, 2.24) is 9.78 Å². The first-order chi connectivity index (χ1) is 7.70. The van der Waals surface area contributed by atoms with Crippen LogP contribution in [-0.4, -0.2) is 9.78 Å². The van der Waals surface area contributed by atoms with Crippen LogP contribution >= 0.6 is 11.6 Å². The number of aromatic nitrogens is 2. The lowest BCUT2D eigenvalue weighted by molar-refractivity contribution is 0.618. The van der Waals surface area contributed by atoms with Gasteiger partial charge in [-0.2, -0.15) is 5.10 Å². The zero-order valence-electron chi connectivity index (χ0n) is 8.53. The van der Waals surface area contributed by atoms with Crippen molar-refractivity contribution in [3.05, 3.63) is 52.6 Å². The van der Waals surface area contributed by atoms with E-state index < -0.39 is 5.82 Å². The van der Waals surface area contributed by atoms with E-state index in [1.807, 2.05) is 6.07 Å². The molecule has 1 heterocycles. The van der Waals surface area contributed by atoms with E-state index in [4.69, 9.17) is 17.3 Å². The minimum Gasteiger partial charge on any atom is -0.325 e. The second kappa shape index (κ2) is 4.63. The largest absolute Gasteiger partial charge is 0.325 e. The molecule has 5 heteroatoms. The standard InChI is InChI=1S/C11H11ClFN3/c12-11-8(2-1-3-10(11)13)7-16-5-4-9(6-14)15-16/h1-5H,6-7,14H2. The minimum absolute atomic E-state index is 0.146. The van der Waals surface area contributed by atoms with Crippen LogP contribution in [0.1, 0.15) is 11.3 Å².